The minimum absolute atomic E-state index is 0.0568. The second-order valence-electron chi connectivity index (χ2n) is 5.12. The van der Waals surface area contributed by atoms with E-state index in [1.807, 2.05) is 18.2 Å². The summed E-state index contributed by atoms with van der Waals surface area (Å²) in [6, 6.07) is 16.5. The molecule has 0 radical (unpaired) electrons. The molecule has 2 aromatic rings. The molecule has 2 rings (SSSR count). The summed E-state index contributed by atoms with van der Waals surface area (Å²) in [6.07, 6.45) is 1.84. The zero-order valence-corrected chi connectivity index (χ0v) is 13.9. The monoisotopic (exact) mass is 351 g/mol. The third-order valence-electron chi connectivity index (χ3n) is 4.00. The Morgan fingerprint density at radius 1 is 1.15 bits per heavy atom. The fraction of sp³-hybridized carbons (Fsp3) is 0.294. The lowest BCUT2D eigenvalue weighted by Gasteiger charge is -2.32. The Morgan fingerprint density at radius 2 is 1.85 bits per heavy atom. The van der Waals surface area contributed by atoms with Gasteiger partial charge in [-0.1, -0.05) is 70.9 Å². The van der Waals surface area contributed by atoms with Crippen LogP contribution < -0.4 is 5.73 Å². The van der Waals surface area contributed by atoms with Crippen LogP contribution in [-0.2, 0) is 11.8 Å². The van der Waals surface area contributed by atoms with E-state index in [2.05, 4.69) is 53.2 Å². The number of halogens is 2. The first-order valence-corrected chi connectivity index (χ1v) is 7.98. The lowest BCUT2D eigenvalue weighted by atomic mass is 9.73. The van der Waals surface area contributed by atoms with Crippen LogP contribution in [0.4, 0.5) is 0 Å². The Balaban J connectivity index is 2.39. The van der Waals surface area contributed by atoms with Crippen molar-refractivity contribution in [1.29, 1.82) is 0 Å². The number of rotatable bonds is 5. The lowest BCUT2D eigenvalue weighted by Crippen LogP contribution is -2.36. The fourth-order valence-corrected chi connectivity index (χ4v) is 3.33. The molecule has 0 saturated carbocycles. The molecule has 1 nitrogen and oxygen atoms in total. The molecule has 2 N–H and O–H groups in total. The molecular weight excluding hydrogens is 334 g/mol. The number of benzene rings is 2. The largest absolute Gasteiger partial charge is 0.330 e. The van der Waals surface area contributed by atoms with Crippen LogP contribution in [0, 0.1) is 0 Å². The molecule has 0 aromatic heterocycles. The van der Waals surface area contributed by atoms with Crippen LogP contribution in [0.3, 0.4) is 0 Å². The van der Waals surface area contributed by atoms with Crippen LogP contribution in [0.25, 0.3) is 0 Å². The third kappa shape index (κ3) is 3.25. The summed E-state index contributed by atoms with van der Waals surface area (Å²) in [5.74, 6) is 0. The smallest absolute Gasteiger partial charge is 0.0449 e. The molecule has 106 valence electrons. The van der Waals surface area contributed by atoms with E-state index in [1.165, 1.54) is 5.56 Å². The van der Waals surface area contributed by atoms with Gasteiger partial charge in [-0.25, -0.2) is 0 Å². The second-order valence-corrected chi connectivity index (χ2v) is 6.44. The van der Waals surface area contributed by atoms with Gasteiger partial charge in [0.05, 0.1) is 0 Å². The van der Waals surface area contributed by atoms with Crippen molar-refractivity contribution < 1.29 is 0 Å². The molecule has 0 fully saturated rings. The molecule has 0 spiro atoms. The molecule has 1 atom stereocenters. The Kier molecular flexibility index (Phi) is 5.25. The van der Waals surface area contributed by atoms with E-state index in [9.17, 15) is 0 Å². The zero-order valence-electron chi connectivity index (χ0n) is 11.6. The van der Waals surface area contributed by atoms with Gasteiger partial charge >= 0.3 is 0 Å². The van der Waals surface area contributed by atoms with Gasteiger partial charge < -0.3 is 5.73 Å². The average molecular weight is 353 g/mol. The standard InChI is InChI=1S/C17H19BrClN/c1-2-17(12-20,14-6-4-3-5-7-14)11-13-8-9-15(18)10-16(13)19/h3-10H,2,11-12,20H2,1H3. The summed E-state index contributed by atoms with van der Waals surface area (Å²) in [7, 11) is 0. The summed E-state index contributed by atoms with van der Waals surface area (Å²) >= 11 is 9.81. The highest BCUT2D eigenvalue weighted by Crippen LogP contribution is 2.34. The molecule has 1 unspecified atom stereocenters. The van der Waals surface area contributed by atoms with Crippen molar-refractivity contribution >= 4 is 27.5 Å². The normalized spacial score (nSPS) is 14.0. The predicted octanol–water partition coefficient (Wildman–Crippen LogP) is 4.95. The third-order valence-corrected chi connectivity index (χ3v) is 4.84. The minimum atomic E-state index is -0.0568. The van der Waals surface area contributed by atoms with Crippen molar-refractivity contribution in [1.82, 2.24) is 0 Å². The molecule has 20 heavy (non-hydrogen) atoms. The highest BCUT2D eigenvalue weighted by atomic mass is 79.9. The Morgan fingerprint density at radius 3 is 2.40 bits per heavy atom. The summed E-state index contributed by atoms with van der Waals surface area (Å²) in [4.78, 5) is 0. The first-order chi connectivity index (χ1) is 9.61. The van der Waals surface area contributed by atoms with Gasteiger partial charge in [0.25, 0.3) is 0 Å². The molecule has 0 amide bonds. The maximum atomic E-state index is 6.37. The van der Waals surface area contributed by atoms with E-state index in [0.29, 0.717) is 6.54 Å². The Bertz CT molecular complexity index is 564. The van der Waals surface area contributed by atoms with E-state index in [0.717, 1.165) is 27.9 Å². The van der Waals surface area contributed by atoms with Crippen LogP contribution in [0.5, 0.6) is 0 Å². The highest BCUT2D eigenvalue weighted by Gasteiger charge is 2.29. The molecule has 0 aliphatic carbocycles. The van der Waals surface area contributed by atoms with Gasteiger partial charge in [-0.05, 0) is 36.1 Å². The molecule has 0 aliphatic heterocycles. The second kappa shape index (κ2) is 6.75. The van der Waals surface area contributed by atoms with Gasteiger partial charge in [0.1, 0.15) is 0 Å². The van der Waals surface area contributed by atoms with Crippen LogP contribution >= 0.6 is 27.5 Å². The quantitative estimate of drug-likeness (QED) is 0.809. The van der Waals surface area contributed by atoms with Crippen molar-refractivity contribution in [2.24, 2.45) is 5.73 Å². The van der Waals surface area contributed by atoms with Crippen LogP contribution in [-0.4, -0.2) is 6.54 Å². The maximum Gasteiger partial charge on any atom is 0.0449 e. The fourth-order valence-electron chi connectivity index (χ4n) is 2.59. The van der Waals surface area contributed by atoms with Gasteiger partial charge in [-0.15, -0.1) is 0 Å². The lowest BCUT2D eigenvalue weighted by molar-refractivity contribution is 0.418. The first-order valence-electron chi connectivity index (χ1n) is 6.81. The van der Waals surface area contributed by atoms with E-state index < -0.39 is 0 Å². The molecule has 0 heterocycles. The summed E-state index contributed by atoms with van der Waals surface area (Å²) in [6.45, 7) is 2.80. The SMILES string of the molecule is CCC(CN)(Cc1ccc(Br)cc1Cl)c1ccccc1. The highest BCUT2D eigenvalue weighted by molar-refractivity contribution is 9.10. The maximum absolute atomic E-state index is 6.37. The molecule has 3 heteroatoms. The molecule has 0 aliphatic rings. The number of hydrogen-bond acceptors (Lipinski definition) is 1. The van der Waals surface area contributed by atoms with E-state index in [-0.39, 0.29) is 5.41 Å². The summed E-state index contributed by atoms with van der Waals surface area (Å²) in [5, 5.41) is 0.793. The topological polar surface area (TPSA) is 26.0 Å². The van der Waals surface area contributed by atoms with E-state index in [1.54, 1.807) is 0 Å². The molecular formula is C17H19BrClN. The van der Waals surface area contributed by atoms with Crippen molar-refractivity contribution in [2.75, 3.05) is 6.54 Å². The number of nitrogens with two attached hydrogens (primary N) is 1. The van der Waals surface area contributed by atoms with E-state index >= 15 is 0 Å². The van der Waals surface area contributed by atoms with Gasteiger partial charge in [0.15, 0.2) is 0 Å². The van der Waals surface area contributed by atoms with Crippen LogP contribution in [0.15, 0.2) is 53.0 Å². The van der Waals surface area contributed by atoms with Gasteiger partial charge in [-0.2, -0.15) is 0 Å². The van der Waals surface area contributed by atoms with Gasteiger partial charge in [-0.3, -0.25) is 0 Å². The van der Waals surface area contributed by atoms with Crippen molar-refractivity contribution in [3.05, 3.63) is 69.2 Å². The number of hydrogen-bond donors (Lipinski definition) is 1. The Labute approximate surface area is 134 Å². The van der Waals surface area contributed by atoms with Crippen molar-refractivity contribution in [2.45, 2.75) is 25.2 Å². The molecule has 2 aromatic carbocycles. The van der Waals surface area contributed by atoms with Gasteiger partial charge in [0, 0.05) is 21.5 Å². The molecule has 0 bridgehead atoms. The van der Waals surface area contributed by atoms with Crippen LogP contribution in [0.1, 0.15) is 24.5 Å². The van der Waals surface area contributed by atoms with Crippen LogP contribution in [0.2, 0.25) is 5.02 Å². The Hall–Kier alpha value is -0.830. The average Bonchev–Trinajstić information content (AvgIpc) is 2.48. The predicted molar refractivity (Wildman–Crippen MR) is 90.3 cm³/mol. The van der Waals surface area contributed by atoms with E-state index in [4.69, 9.17) is 17.3 Å². The first kappa shape index (κ1) is 15.6. The zero-order chi connectivity index (χ0) is 14.6. The summed E-state index contributed by atoms with van der Waals surface area (Å²) < 4.78 is 1.00. The molecule has 0 saturated heterocycles. The summed E-state index contributed by atoms with van der Waals surface area (Å²) in [5.41, 5.74) is 8.49. The minimum Gasteiger partial charge on any atom is -0.330 e. The van der Waals surface area contributed by atoms with Gasteiger partial charge in [0.2, 0.25) is 0 Å². The van der Waals surface area contributed by atoms with Crippen molar-refractivity contribution in [3.8, 4) is 0 Å². The van der Waals surface area contributed by atoms with Crippen molar-refractivity contribution in [3.63, 3.8) is 0 Å².